The minimum atomic E-state index is -0.817. The van der Waals surface area contributed by atoms with Crippen molar-refractivity contribution in [3.63, 3.8) is 0 Å². The molecule has 3 aliphatic rings. The number of amides is 3. The van der Waals surface area contributed by atoms with Crippen molar-refractivity contribution < 1.29 is 19.1 Å². The maximum absolute atomic E-state index is 13.9. The molecule has 0 fully saturated rings. The molecule has 242 valence electrons. The molecule has 3 aromatic heterocycles. The first-order valence-electron chi connectivity index (χ1n) is 16.2. The Morgan fingerprint density at radius 1 is 0.979 bits per heavy atom. The largest absolute Gasteiger partial charge is 0.377 e. The number of aryl methyl sites for hydroxylation is 2. The molecule has 7 rings (SSSR count). The summed E-state index contributed by atoms with van der Waals surface area (Å²) < 4.78 is 7.66. The zero-order valence-electron chi connectivity index (χ0n) is 27.0. The van der Waals surface area contributed by atoms with E-state index in [4.69, 9.17) is 4.74 Å². The summed E-state index contributed by atoms with van der Waals surface area (Å²) in [4.78, 5) is 51.9. The predicted molar refractivity (Wildman–Crippen MR) is 178 cm³/mol. The molecule has 1 aliphatic carbocycles. The number of carbonyl (C=O) groups excluding carboxylic acids is 3. The van der Waals surface area contributed by atoms with E-state index in [0.717, 1.165) is 63.5 Å². The van der Waals surface area contributed by atoms with Crippen LogP contribution >= 0.6 is 0 Å². The van der Waals surface area contributed by atoms with E-state index >= 15 is 0 Å². The summed E-state index contributed by atoms with van der Waals surface area (Å²) in [5, 5.41) is 11.4. The van der Waals surface area contributed by atoms with Gasteiger partial charge in [-0.05, 0) is 85.0 Å². The first kappa shape index (κ1) is 30.7. The molecule has 11 heteroatoms. The summed E-state index contributed by atoms with van der Waals surface area (Å²) in [6, 6.07) is 7.07. The van der Waals surface area contributed by atoms with E-state index in [0.29, 0.717) is 44.8 Å². The average Bonchev–Trinajstić information content (AvgIpc) is 3.71. The lowest BCUT2D eigenvalue weighted by molar-refractivity contribution is -0.132. The maximum atomic E-state index is 13.9. The summed E-state index contributed by atoms with van der Waals surface area (Å²) in [6.07, 6.45) is 13.0. The Kier molecular flexibility index (Phi) is 8.09. The summed E-state index contributed by atoms with van der Waals surface area (Å²) in [6.45, 7) is 3.69. The fourth-order valence-electron chi connectivity index (χ4n) is 7.28. The Bertz CT molecular complexity index is 1930. The minimum absolute atomic E-state index is 0.101. The molecule has 2 aliphatic heterocycles. The molecule has 0 unspecified atom stereocenters. The van der Waals surface area contributed by atoms with Gasteiger partial charge in [-0.1, -0.05) is 18.2 Å². The summed E-state index contributed by atoms with van der Waals surface area (Å²) >= 11 is 0. The fourth-order valence-corrected chi connectivity index (χ4v) is 7.28. The molecular formula is C36H39N7O4. The number of pyridine rings is 2. The predicted octanol–water partition coefficient (Wildman–Crippen LogP) is 3.67. The Labute approximate surface area is 273 Å². The van der Waals surface area contributed by atoms with Crippen molar-refractivity contribution in [2.24, 2.45) is 7.05 Å². The number of fused-ring (bicyclic) bond motifs is 3. The van der Waals surface area contributed by atoms with Gasteiger partial charge in [-0.3, -0.25) is 24.0 Å². The van der Waals surface area contributed by atoms with Crippen molar-refractivity contribution >= 4 is 40.5 Å². The number of likely N-dealkylation sites (N-methyl/N-ethyl adjacent to an activating group) is 1. The molecular weight excluding hydrogens is 594 g/mol. The summed E-state index contributed by atoms with van der Waals surface area (Å²) in [5.41, 5.74) is 5.99. The molecule has 4 aromatic rings. The van der Waals surface area contributed by atoms with Crippen LogP contribution in [0.5, 0.6) is 0 Å². The third-order valence-electron chi connectivity index (χ3n) is 9.70. The molecule has 1 aromatic carbocycles. The minimum Gasteiger partial charge on any atom is -0.377 e. The second-order valence-corrected chi connectivity index (χ2v) is 13.0. The third-order valence-corrected chi connectivity index (χ3v) is 9.70. The molecule has 5 bridgehead atoms. The van der Waals surface area contributed by atoms with Crippen LogP contribution in [0.25, 0.3) is 17.0 Å². The van der Waals surface area contributed by atoms with Crippen molar-refractivity contribution in [1.82, 2.24) is 30.0 Å². The molecule has 11 nitrogen and oxygen atoms in total. The smallest absolute Gasteiger partial charge is 0.270 e. The highest BCUT2D eigenvalue weighted by molar-refractivity contribution is 6.06. The van der Waals surface area contributed by atoms with Crippen molar-refractivity contribution in [3.05, 3.63) is 88.0 Å². The van der Waals surface area contributed by atoms with Crippen molar-refractivity contribution in [3.8, 4) is 0 Å². The number of nitrogens with one attached hydrogen (secondary N) is 2. The zero-order valence-corrected chi connectivity index (χ0v) is 27.0. The van der Waals surface area contributed by atoms with Crippen LogP contribution in [0.3, 0.4) is 0 Å². The second-order valence-electron chi connectivity index (χ2n) is 13.0. The van der Waals surface area contributed by atoms with Crippen LogP contribution in [0.1, 0.15) is 63.1 Å². The van der Waals surface area contributed by atoms with Crippen LogP contribution in [-0.4, -0.2) is 75.2 Å². The molecule has 0 saturated carbocycles. The number of benzene rings is 1. The van der Waals surface area contributed by atoms with Crippen molar-refractivity contribution in [2.75, 3.05) is 32.1 Å². The van der Waals surface area contributed by atoms with Crippen LogP contribution in [-0.2, 0) is 46.1 Å². The topological polar surface area (TPSA) is 131 Å². The van der Waals surface area contributed by atoms with Gasteiger partial charge in [0.05, 0.1) is 23.7 Å². The fraction of sp³-hybridized carbons (Fsp3) is 0.389. The Morgan fingerprint density at radius 2 is 1.83 bits per heavy atom. The lowest BCUT2D eigenvalue weighted by Gasteiger charge is -2.25. The van der Waals surface area contributed by atoms with E-state index in [1.165, 1.54) is 0 Å². The first-order chi connectivity index (χ1) is 22.7. The zero-order chi connectivity index (χ0) is 32.7. The number of nitrogens with zero attached hydrogens (tertiary/aromatic N) is 5. The van der Waals surface area contributed by atoms with Gasteiger partial charge in [0.2, 0.25) is 11.8 Å². The normalized spacial score (nSPS) is 22.6. The number of hydrogen-bond acceptors (Lipinski definition) is 7. The number of ether oxygens (including phenoxy) is 1. The number of rotatable bonds is 2. The Balaban J connectivity index is 1.20. The SMILES string of the molecule is Cc1cc(C[C@H]2NC(=O)c3cc4c(cn3)C[C@@]3(C4)C(=O)Nc4ncc(cc43)/C=C/COCCCCCN(C)C2=O)cc2cnn(C)c12. The van der Waals surface area contributed by atoms with Crippen LogP contribution in [0.2, 0.25) is 0 Å². The van der Waals surface area contributed by atoms with Gasteiger partial charge in [0, 0.05) is 57.0 Å². The van der Waals surface area contributed by atoms with Crippen molar-refractivity contribution in [2.45, 2.75) is 56.9 Å². The summed E-state index contributed by atoms with van der Waals surface area (Å²) in [5.74, 6) is -0.115. The Morgan fingerprint density at radius 3 is 2.70 bits per heavy atom. The van der Waals surface area contributed by atoms with E-state index in [2.05, 4.69) is 31.8 Å². The first-order valence-corrected chi connectivity index (χ1v) is 16.2. The molecule has 2 N–H and O–H groups in total. The van der Waals surface area contributed by atoms with Gasteiger partial charge in [-0.15, -0.1) is 0 Å². The highest BCUT2D eigenvalue weighted by Crippen LogP contribution is 2.47. The van der Waals surface area contributed by atoms with Gasteiger partial charge >= 0.3 is 0 Å². The summed E-state index contributed by atoms with van der Waals surface area (Å²) in [7, 11) is 3.69. The molecule has 5 heterocycles. The second kappa shape index (κ2) is 12.4. The van der Waals surface area contributed by atoms with E-state index < -0.39 is 17.4 Å². The molecule has 0 saturated heterocycles. The van der Waals surface area contributed by atoms with Gasteiger partial charge in [-0.25, -0.2) is 4.98 Å². The van der Waals surface area contributed by atoms with Gasteiger partial charge in [-0.2, -0.15) is 5.10 Å². The van der Waals surface area contributed by atoms with Crippen LogP contribution in [0.4, 0.5) is 5.82 Å². The molecule has 3 amide bonds. The molecule has 1 spiro atoms. The van der Waals surface area contributed by atoms with Crippen LogP contribution < -0.4 is 10.6 Å². The van der Waals surface area contributed by atoms with E-state index in [1.54, 1.807) is 30.4 Å². The number of hydrogen-bond donors (Lipinski definition) is 2. The Hall–Kier alpha value is -4.90. The molecule has 47 heavy (non-hydrogen) atoms. The number of aromatic nitrogens is 4. The van der Waals surface area contributed by atoms with Gasteiger partial charge in [0.25, 0.3) is 5.91 Å². The number of anilines is 1. The third kappa shape index (κ3) is 5.80. The highest BCUT2D eigenvalue weighted by Gasteiger charge is 2.51. The average molecular weight is 634 g/mol. The monoisotopic (exact) mass is 633 g/mol. The lowest BCUT2D eigenvalue weighted by atomic mass is 9.79. The molecule has 0 radical (unpaired) electrons. The van der Waals surface area contributed by atoms with E-state index in [1.807, 2.05) is 49.1 Å². The number of carbonyl (C=O) groups is 3. The maximum Gasteiger partial charge on any atom is 0.270 e. The van der Waals surface area contributed by atoms with Crippen LogP contribution in [0, 0.1) is 6.92 Å². The van der Waals surface area contributed by atoms with Crippen LogP contribution in [0.15, 0.2) is 48.9 Å². The molecule has 2 atom stereocenters. The van der Waals surface area contributed by atoms with Gasteiger partial charge in [0.1, 0.15) is 17.6 Å². The quantitative estimate of drug-likeness (QED) is 0.344. The van der Waals surface area contributed by atoms with Gasteiger partial charge in [0.15, 0.2) is 0 Å². The van der Waals surface area contributed by atoms with E-state index in [-0.39, 0.29) is 17.5 Å². The van der Waals surface area contributed by atoms with Gasteiger partial charge < -0.3 is 20.3 Å². The standard InChI is InChI=1S/C36H39N7O4/c1-22-12-24(13-26-21-39-43(3)31(22)26)15-30-34(45)42(2)9-5-4-6-10-47-11-7-8-23-14-28-32(38-19-23)41-35(46)36(28)17-25-16-29(33(44)40-30)37-20-27(25)18-36/h7-8,12-14,16,19-21,30H,4-6,9-11,15,17-18H2,1-3H3,(H,40,44)(H,38,41,46)/b8-7+/t30-,36-/m1/s1. The lowest BCUT2D eigenvalue weighted by Crippen LogP contribution is -2.49. The van der Waals surface area contributed by atoms with E-state index in [9.17, 15) is 14.4 Å². The highest BCUT2D eigenvalue weighted by atomic mass is 16.5. The van der Waals surface area contributed by atoms with Crippen molar-refractivity contribution in [1.29, 1.82) is 0 Å².